The summed E-state index contributed by atoms with van der Waals surface area (Å²) in [5, 5.41) is 2.93. The van der Waals surface area contributed by atoms with Crippen LogP contribution in [-0.2, 0) is 6.18 Å². The average molecular weight is 416 g/mol. The minimum atomic E-state index is -4.49. The highest BCUT2D eigenvalue weighted by molar-refractivity contribution is 5.94. The lowest BCUT2D eigenvalue weighted by molar-refractivity contribution is -0.137. The van der Waals surface area contributed by atoms with Crippen molar-refractivity contribution in [2.24, 2.45) is 0 Å². The van der Waals surface area contributed by atoms with Crippen LogP contribution in [0.15, 0.2) is 48.7 Å². The first kappa shape index (κ1) is 20.4. The highest BCUT2D eigenvalue weighted by atomic mass is 19.4. The Bertz CT molecular complexity index is 1040. The van der Waals surface area contributed by atoms with E-state index >= 15 is 0 Å². The zero-order chi connectivity index (χ0) is 21.3. The van der Waals surface area contributed by atoms with Gasteiger partial charge in [-0.25, -0.2) is 4.98 Å². The van der Waals surface area contributed by atoms with Crippen molar-refractivity contribution in [3.63, 3.8) is 0 Å². The number of carbonyl (C=O) groups excluding carboxylic acids is 1. The van der Waals surface area contributed by atoms with Gasteiger partial charge in [0.2, 0.25) is 0 Å². The van der Waals surface area contributed by atoms with Gasteiger partial charge >= 0.3 is 6.18 Å². The number of rotatable bonds is 5. The summed E-state index contributed by atoms with van der Waals surface area (Å²) in [5.41, 5.74) is 1.12. The van der Waals surface area contributed by atoms with Gasteiger partial charge in [-0.05, 0) is 50.6 Å². The monoisotopic (exact) mass is 416 g/mol. The van der Waals surface area contributed by atoms with Crippen LogP contribution in [-0.4, -0.2) is 39.8 Å². The quantitative estimate of drug-likeness (QED) is 0.677. The summed E-state index contributed by atoms with van der Waals surface area (Å²) >= 11 is 0. The number of nitrogens with zero attached hydrogens (tertiary/aromatic N) is 3. The summed E-state index contributed by atoms with van der Waals surface area (Å²) in [6, 6.07) is 12.2. The van der Waals surface area contributed by atoms with Gasteiger partial charge in [0.1, 0.15) is 11.3 Å². The SMILES string of the molecule is Cc1nc2ccc(C(F)(F)F)cn2c1C(=O)NCC(c1ccccc1)N1CCCC1. The molecule has 1 fully saturated rings. The summed E-state index contributed by atoms with van der Waals surface area (Å²) < 4.78 is 40.6. The molecule has 1 amide bonds. The Balaban J connectivity index is 1.59. The number of fused-ring (bicyclic) bond motifs is 1. The van der Waals surface area contributed by atoms with Crippen molar-refractivity contribution in [3.8, 4) is 0 Å². The Morgan fingerprint density at radius 3 is 2.50 bits per heavy atom. The van der Waals surface area contributed by atoms with Crippen molar-refractivity contribution in [1.82, 2.24) is 19.6 Å². The third-order valence-electron chi connectivity index (χ3n) is 5.56. The molecular weight excluding hydrogens is 393 g/mol. The molecule has 0 radical (unpaired) electrons. The normalized spacial score (nSPS) is 16.1. The van der Waals surface area contributed by atoms with E-state index in [0.29, 0.717) is 17.9 Å². The first-order valence-electron chi connectivity index (χ1n) is 9.97. The second-order valence-electron chi connectivity index (χ2n) is 7.57. The van der Waals surface area contributed by atoms with E-state index in [2.05, 4.69) is 15.2 Å². The Morgan fingerprint density at radius 1 is 1.13 bits per heavy atom. The Hall–Kier alpha value is -2.87. The minimum absolute atomic E-state index is 0.0166. The number of likely N-dealkylation sites (tertiary alicyclic amines) is 1. The Labute approximate surface area is 172 Å². The van der Waals surface area contributed by atoms with Gasteiger partial charge in [0.15, 0.2) is 0 Å². The number of imidazole rings is 1. The summed E-state index contributed by atoms with van der Waals surface area (Å²) in [7, 11) is 0. The van der Waals surface area contributed by atoms with E-state index in [0.717, 1.165) is 43.8 Å². The Kier molecular flexibility index (Phi) is 5.51. The molecule has 5 nitrogen and oxygen atoms in total. The number of amides is 1. The van der Waals surface area contributed by atoms with E-state index in [4.69, 9.17) is 0 Å². The summed E-state index contributed by atoms with van der Waals surface area (Å²) in [4.78, 5) is 19.6. The predicted molar refractivity (Wildman–Crippen MR) is 107 cm³/mol. The molecule has 0 saturated carbocycles. The number of halogens is 3. The lowest BCUT2D eigenvalue weighted by Gasteiger charge is -2.28. The first-order valence-corrected chi connectivity index (χ1v) is 9.97. The minimum Gasteiger partial charge on any atom is -0.349 e. The topological polar surface area (TPSA) is 49.6 Å². The fraction of sp³-hybridized carbons (Fsp3) is 0.364. The van der Waals surface area contributed by atoms with Crippen molar-refractivity contribution in [2.75, 3.05) is 19.6 Å². The third-order valence-corrected chi connectivity index (χ3v) is 5.56. The molecule has 1 atom stereocenters. The smallest absolute Gasteiger partial charge is 0.349 e. The van der Waals surface area contributed by atoms with Crippen molar-refractivity contribution in [2.45, 2.75) is 32.0 Å². The van der Waals surface area contributed by atoms with Gasteiger partial charge < -0.3 is 5.32 Å². The van der Waals surface area contributed by atoms with E-state index in [1.54, 1.807) is 6.92 Å². The summed E-state index contributed by atoms with van der Waals surface area (Å²) in [5.74, 6) is -0.431. The predicted octanol–water partition coefficient (Wildman–Crippen LogP) is 4.23. The lowest BCUT2D eigenvalue weighted by atomic mass is 10.1. The molecule has 0 bridgehead atoms. The lowest BCUT2D eigenvalue weighted by Crippen LogP contribution is -2.37. The molecule has 3 heterocycles. The zero-order valence-corrected chi connectivity index (χ0v) is 16.6. The standard InChI is InChI=1S/C22H23F3N4O/c1-15-20(29-14-17(22(23,24)25)9-10-19(29)27-15)21(30)26-13-18(28-11-5-6-12-28)16-7-3-2-4-8-16/h2-4,7-10,14,18H,5-6,11-13H2,1H3,(H,26,30). The highest BCUT2D eigenvalue weighted by Crippen LogP contribution is 2.30. The number of hydrogen-bond donors (Lipinski definition) is 1. The molecule has 1 saturated heterocycles. The van der Waals surface area contributed by atoms with E-state index < -0.39 is 17.6 Å². The number of alkyl halides is 3. The molecular formula is C22H23F3N4O. The van der Waals surface area contributed by atoms with E-state index in [-0.39, 0.29) is 11.7 Å². The molecule has 0 spiro atoms. The summed E-state index contributed by atoms with van der Waals surface area (Å²) in [6.07, 6.45) is -1.33. The zero-order valence-electron chi connectivity index (χ0n) is 16.6. The van der Waals surface area contributed by atoms with Gasteiger partial charge in [-0.2, -0.15) is 13.2 Å². The molecule has 1 N–H and O–H groups in total. The number of nitrogens with one attached hydrogen (secondary N) is 1. The maximum Gasteiger partial charge on any atom is 0.417 e. The number of carbonyl (C=O) groups is 1. The molecule has 3 aromatic rings. The van der Waals surface area contributed by atoms with Gasteiger partial charge in [-0.15, -0.1) is 0 Å². The van der Waals surface area contributed by atoms with Crippen molar-refractivity contribution < 1.29 is 18.0 Å². The number of benzene rings is 1. The summed E-state index contributed by atoms with van der Waals surface area (Å²) in [6.45, 7) is 3.91. The maximum atomic E-state index is 13.1. The number of aryl methyl sites for hydroxylation is 1. The van der Waals surface area contributed by atoms with Gasteiger partial charge in [0.25, 0.3) is 5.91 Å². The van der Waals surface area contributed by atoms with Crippen LogP contribution in [0.4, 0.5) is 13.2 Å². The fourth-order valence-electron chi connectivity index (χ4n) is 4.06. The largest absolute Gasteiger partial charge is 0.417 e. The van der Waals surface area contributed by atoms with E-state index in [9.17, 15) is 18.0 Å². The molecule has 4 rings (SSSR count). The second-order valence-corrected chi connectivity index (χ2v) is 7.57. The molecule has 1 aliphatic rings. The van der Waals surface area contributed by atoms with Crippen LogP contribution < -0.4 is 5.32 Å². The Morgan fingerprint density at radius 2 is 1.83 bits per heavy atom. The second kappa shape index (κ2) is 8.10. The number of hydrogen-bond acceptors (Lipinski definition) is 3. The van der Waals surface area contributed by atoms with Crippen LogP contribution in [0.5, 0.6) is 0 Å². The van der Waals surface area contributed by atoms with Gasteiger partial charge in [-0.3, -0.25) is 14.1 Å². The van der Waals surface area contributed by atoms with Crippen LogP contribution in [0.3, 0.4) is 0 Å². The molecule has 158 valence electrons. The van der Waals surface area contributed by atoms with Crippen LogP contribution in [0.1, 0.15) is 46.2 Å². The third kappa shape index (κ3) is 4.05. The fourth-order valence-corrected chi connectivity index (χ4v) is 4.06. The molecule has 8 heteroatoms. The van der Waals surface area contributed by atoms with Gasteiger partial charge in [0.05, 0.1) is 17.3 Å². The molecule has 1 aliphatic heterocycles. The van der Waals surface area contributed by atoms with E-state index in [1.807, 2.05) is 30.3 Å². The van der Waals surface area contributed by atoms with Gasteiger partial charge in [0, 0.05) is 12.7 Å². The number of pyridine rings is 1. The maximum absolute atomic E-state index is 13.1. The molecule has 2 aromatic heterocycles. The van der Waals surface area contributed by atoms with Crippen molar-refractivity contribution in [1.29, 1.82) is 0 Å². The highest BCUT2D eigenvalue weighted by Gasteiger charge is 2.32. The first-order chi connectivity index (χ1) is 14.3. The van der Waals surface area contributed by atoms with Crippen molar-refractivity contribution >= 4 is 11.6 Å². The molecule has 1 unspecified atom stereocenters. The van der Waals surface area contributed by atoms with Crippen LogP contribution in [0, 0.1) is 6.92 Å². The van der Waals surface area contributed by atoms with Crippen molar-refractivity contribution in [3.05, 3.63) is 71.2 Å². The molecule has 1 aromatic carbocycles. The van der Waals surface area contributed by atoms with Gasteiger partial charge in [-0.1, -0.05) is 30.3 Å². The number of aromatic nitrogens is 2. The van der Waals surface area contributed by atoms with Crippen LogP contribution in [0.2, 0.25) is 0 Å². The van der Waals surface area contributed by atoms with E-state index in [1.165, 1.54) is 10.5 Å². The van der Waals surface area contributed by atoms with Crippen LogP contribution in [0.25, 0.3) is 5.65 Å². The average Bonchev–Trinajstić information content (AvgIpc) is 3.35. The molecule has 0 aliphatic carbocycles. The van der Waals surface area contributed by atoms with Crippen LogP contribution >= 0.6 is 0 Å². The molecule has 30 heavy (non-hydrogen) atoms.